The molecule has 2 heterocycles. The monoisotopic (exact) mass is 368 g/mol. The zero-order valence-corrected chi connectivity index (χ0v) is 15.8. The number of rotatable bonds is 5. The number of amides is 1. The lowest BCUT2D eigenvalue weighted by Gasteiger charge is -2.03. The Morgan fingerprint density at radius 3 is 2.85 bits per heavy atom. The molecule has 6 nitrogen and oxygen atoms in total. The number of ether oxygens (including phenoxy) is 1. The average molecular weight is 368 g/mol. The highest BCUT2D eigenvalue weighted by Crippen LogP contribution is 2.23. The molecule has 0 aliphatic carbocycles. The van der Waals surface area contributed by atoms with Gasteiger partial charge in [-0.15, -0.1) is 6.42 Å². The molecule has 0 aliphatic heterocycles. The zero-order valence-electron chi connectivity index (χ0n) is 15.0. The smallest absolute Gasteiger partial charge is 0.270 e. The van der Waals surface area contributed by atoms with Crippen molar-refractivity contribution in [3.63, 3.8) is 0 Å². The average Bonchev–Trinajstić information content (AvgIpc) is 3.07. The van der Waals surface area contributed by atoms with Gasteiger partial charge in [0.2, 0.25) is 0 Å². The Balaban J connectivity index is 2.00. The predicted octanol–water partition coefficient (Wildman–Crippen LogP) is 2.68. The summed E-state index contributed by atoms with van der Waals surface area (Å²) in [4.78, 5) is 17.3. The summed E-state index contributed by atoms with van der Waals surface area (Å²) in [5.74, 6) is 3.15. The lowest BCUT2D eigenvalue weighted by molar-refractivity contribution is -0.118. The quantitative estimate of drug-likeness (QED) is 0.651. The van der Waals surface area contributed by atoms with Gasteiger partial charge < -0.3 is 9.30 Å². The predicted molar refractivity (Wildman–Crippen MR) is 102 cm³/mol. The molecule has 26 heavy (non-hydrogen) atoms. The van der Waals surface area contributed by atoms with E-state index in [2.05, 4.69) is 16.0 Å². The van der Waals surface area contributed by atoms with Crippen LogP contribution in [0.5, 0.6) is 5.75 Å². The van der Waals surface area contributed by atoms with Crippen LogP contribution in [-0.4, -0.2) is 26.9 Å². The maximum absolute atomic E-state index is 12.4. The number of aryl methyl sites for hydroxylation is 2. The summed E-state index contributed by atoms with van der Waals surface area (Å²) in [7, 11) is 0. The van der Waals surface area contributed by atoms with Gasteiger partial charge in [-0.1, -0.05) is 17.3 Å². The van der Waals surface area contributed by atoms with Crippen molar-refractivity contribution in [3.05, 3.63) is 40.5 Å². The van der Waals surface area contributed by atoms with Crippen LogP contribution in [0.4, 0.5) is 0 Å². The van der Waals surface area contributed by atoms with E-state index in [0.717, 1.165) is 27.4 Å². The number of hydrogen-bond acceptors (Lipinski definition) is 4. The van der Waals surface area contributed by atoms with Crippen molar-refractivity contribution in [2.24, 2.45) is 4.99 Å². The molecular formula is C19H20N4O2S. The van der Waals surface area contributed by atoms with Gasteiger partial charge in [-0.25, -0.2) is 0 Å². The van der Waals surface area contributed by atoms with Gasteiger partial charge in [0.05, 0.1) is 29.1 Å². The number of thiazole rings is 1. The standard InChI is InChI=1S/C19H20N4O2S/c1-5-9-22-16-8-7-15(25-6-2)11-17(16)26-19(22)20-18(24)12-23-14(4)10-13(3)21-23/h1,7-8,10-11H,6,9,12H2,2-4H3. The molecule has 0 N–H and O–H groups in total. The van der Waals surface area contributed by atoms with Gasteiger partial charge in [-0.05, 0) is 45.0 Å². The fourth-order valence-corrected chi connectivity index (χ4v) is 3.82. The largest absolute Gasteiger partial charge is 0.494 e. The molecule has 0 unspecified atom stereocenters. The Kier molecular flexibility index (Phi) is 5.24. The minimum atomic E-state index is -0.265. The van der Waals surface area contributed by atoms with Gasteiger partial charge in [0.1, 0.15) is 12.3 Å². The second kappa shape index (κ2) is 7.58. The van der Waals surface area contributed by atoms with Crippen molar-refractivity contribution in [1.29, 1.82) is 0 Å². The van der Waals surface area contributed by atoms with Crippen molar-refractivity contribution in [2.45, 2.75) is 33.9 Å². The summed E-state index contributed by atoms with van der Waals surface area (Å²) in [6, 6.07) is 7.72. The highest BCUT2D eigenvalue weighted by molar-refractivity contribution is 7.16. The molecule has 2 aromatic heterocycles. The number of benzene rings is 1. The van der Waals surface area contributed by atoms with E-state index in [4.69, 9.17) is 11.2 Å². The number of fused-ring (bicyclic) bond motifs is 1. The van der Waals surface area contributed by atoms with E-state index in [1.165, 1.54) is 11.3 Å². The highest BCUT2D eigenvalue weighted by Gasteiger charge is 2.10. The maximum Gasteiger partial charge on any atom is 0.270 e. The van der Waals surface area contributed by atoms with Crippen LogP contribution in [0.25, 0.3) is 10.2 Å². The normalized spacial score (nSPS) is 11.7. The highest BCUT2D eigenvalue weighted by atomic mass is 32.1. The SMILES string of the molecule is C#CCn1c(=NC(=O)Cn2nc(C)cc2C)sc2cc(OCC)ccc21. The second-order valence-corrected chi connectivity index (χ2v) is 6.84. The van der Waals surface area contributed by atoms with Crippen LogP contribution in [0.2, 0.25) is 0 Å². The topological polar surface area (TPSA) is 61.4 Å². The summed E-state index contributed by atoms with van der Waals surface area (Å²) in [6.45, 7) is 6.80. The summed E-state index contributed by atoms with van der Waals surface area (Å²) < 4.78 is 10.1. The van der Waals surface area contributed by atoms with Gasteiger partial charge in [-0.3, -0.25) is 9.48 Å². The number of carbonyl (C=O) groups is 1. The Hall–Kier alpha value is -2.85. The lowest BCUT2D eigenvalue weighted by Crippen LogP contribution is -2.19. The Labute approximate surface area is 155 Å². The van der Waals surface area contributed by atoms with E-state index in [9.17, 15) is 4.79 Å². The van der Waals surface area contributed by atoms with Crippen LogP contribution < -0.4 is 9.54 Å². The molecule has 0 aliphatic rings. The Morgan fingerprint density at radius 2 is 2.19 bits per heavy atom. The minimum Gasteiger partial charge on any atom is -0.494 e. The van der Waals surface area contributed by atoms with Crippen molar-refractivity contribution >= 4 is 27.5 Å². The van der Waals surface area contributed by atoms with Crippen LogP contribution in [0, 0.1) is 26.2 Å². The molecule has 0 saturated heterocycles. The van der Waals surface area contributed by atoms with Crippen LogP contribution in [0.15, 0.2) is 29.3 Å². The first-order valence-corrected chi connectivity index (χ1v) is 9.11. The molecule has 3 rings (SSSR count). The first-order valence-electron chi connectivity index (χ1n) is 8.30. The lowest BCUT2D eigenvalue weighted by atomic mass is 10.3. The van der Waals surface area contributed by atoms with E-state index in [-0.39, 0.29) is 12.5 Å². The molecule has 7 heteroatoms. The van der Waals surface area contributed by atoms with Crippen molar-refractivity contribution in [2.75, 3.05) is 6.61 Å². The number of carbonyl (C=O) groups excluding carboxylic acids is 1. The molecule has 0 atom stereocenters. The van der Waals surface area contributed by atoms with Crippen LogP contribution in [0.1, 0.15) is 18.3 Å². The second-order valence-electron chi connectivity index (χ2n) is 5.83. The Morgan fingerprint density at radius 1 is 1.38 bits per heavy atom. The van der Waals surface area contributed by atoms with Gasteiger partial charge in [0, 0.05) is 5.69 Å². The van der Waals surface area contributed by atoms with E-state index >= 15 is 0 Å². The van der Waals surface area contributed by atoms with Crippen molar-refractivity contribution in [1.82, 2.24) is 14.3 Å². The minimum absolute atomic E-state index is 0.105. The summed E-state index contributed by atoms with van der Waals surface area (Å²) in [6.07, 6.45) is 5.50. The number of hydrogen-bond donors (Lipinski definition) is 0. The maximum atomic E-state index is 12.4. The number of terminal acetylenes is 1. The fourth-order valence-electron chi connectivity index (χ4n) is 2.74. The van der Waals surface area contributed by atoms with E-state index in [0.29, 0.717) is 18.0 Å². The summed E-state index contributed by atoms with van der Waals surface area (Å²) in [5.41, 5.74) is 2.75. The molecule has 0 bridgehead atoms. The third-order valence-electron chi connectivity index (χ3n) is 3.82. The summed E-state index contributed by atoms with van der Waals surface area (Å²) in [5, 5.41) is 4.31. The first-order chi connectivity index (χ1) is 12.5. The van der Waals surface area contributed by atoms with Gasteiger partial charge in [0.25, 0.3) is 5.91 Å². The molecule has 1 aromatic carbocycles. The van der Waals surface area contributed by atoms with Gasteiger partial charge in [-0.2, -0.15) is 10.1 Å². The summed E-state index contributed by atoms with van der Waals surface area (Å²) >= 11 is 1.42. The third-order valence-corrected chi connectivity index (χ3v) is 4.86. The molecule has 0 saturated carbocycles. The molecular weight excluding hydrogens is 348 g/mol. The zero-order chi connectivity index (χ0) is 18.7. The molecule has 0 fully saturated rings. The molecule has 1 amide bonds. The fraction of sp³-hybridized carbons (Fsp3) is 0.316. The first kappa shape index (κ1) is 18.0. The Bertz CT molecular complexity index is 1070. The molecule has 3 aromatic rings. The molecule has 0 radical (unpaired) electrons. The molecule has 0 spiro atoms. The van der Waals surface area contributed by atoms with E-state index in [1.807, 2.05) is 49.6 Å². The van der Waals surface area contributed by atoms with Gasteiger partial charge >= 0.3 is 0 Å². The van der Waals surface area contributed by atoms with E-state index in [1.54, 1.807) is 4.68 Å². The third kappa shape index (κ3) is 3.70. The van der Waals surface area contributed by atoms with Crippen LogP contribution >= 0.6 is 11.3 Å². The van der Waals surface area contributed by atoms with Crippen molar-refractivity contribution < 1.29 is 9.53 Å². The van der Waals surface area contributed by atoms with Crippen LogP contribution in [-0.2, 0) is 17.9 Å². The number of aromatic nitrogens is 3. The van der Waals surface area contributed by atoms with Gasteiger partial charge in [0.15, 0.2) is 4.80 Å². The molecule has 134 valence electrons. The number of nitrogens with zero attached hydrogens (tertiary/aromatic N) is 4. The van der Waals surface area contributed by atoms with Crippen LogP contribution in [0.3, 0.4) is 0 Å². The van der Waals surface area contributed by atoms with E-state index < -0.39 is 0 Å². The van der Waals surface area contributed by atoms with Crippen molar-refractivity contribution in [3.8, 4) is 18.1 Å².